The van der Waals surface area contributed by atoms with Gasteiger partial charge in [0, 0.05) is 55.9 Å². The molecule has 5 rings (SSSR count). The molecule has 7 nitrogen and oxygen atoms in total. The summed E-state index contributed by atoms with van der Waals surface area (Å²) in [6, 6.07) is 13.9. The number of piperidine rings is 1. The van der Waals surface area contributed by atoms with Crippen molar-refractivity contribution in [1.29, 1.82) is 0 Å². The first-order chi connectivity index (χ1) is 16.7. The molecule has 2 aromatic carbocycles. The van der Waals surface area contributed by atoms with Gasteiger partial charge in [0.05, 0.1) is 6.33 Å². The van der Waals surface area contributed by atoms with E-state index in [9.17, 15) is 9.18 Å². The second-order valence-electron chi connectivity index (χ2n) is 8.26. The Hall–Kier alpha value is -4.07. The molecule has 1 saturated heterocycles. The molecule has 1 atom stereocenters. The summed E-state index contributed by atoms with van der Waals surface area (Å²) >= 11 is 0. The molecule has 34 heavy (non-hydrogen) atoms. The van der Waals surface area contributed by atoms with Crippen molar-refractivity contribution >= 4 is 5.91 Å². The van der Waals surface area contributed by atoms with Crippen molar-refractivity contribution in [3.63, 3.8) is 0 Å². The summed E-state index contributed by atoms with van der Waals surface area (Å²) in [6.45, 7) is 1.73. The fraction of sp³-hybridized carbons (Fsp3) is 0.231. The van der Waals surface area contributed by atoms with Gasteiger partial charge in [0.1, 0.15) is 5.69 Å². The van der Waals surface area contributed by atoms with Gasteiger partial charge < -0.3 is 14.2 Å². The van der Waals surface area contributed by atoms with E-state index in [1.54, 1.807) is 36.9 Å². The zero-order valence-electron chi connectivity index (χ0n) is 18.5. The van der Waals surface area contributed by atoms with Crippen molar-refractivity contribution in [3.05, 3.63) is 102 Å². The summed E-state index contributed by atoms with van der Waals surface area (Å²) in [5.74, 6) is -0.169. The van der Waals surface area contributed by atoms with Gasteiger partial charge in [-0.15, -0.1) is 0 Å². The lowest BCUT2D eigenvalue weighted by molar-refractivity contribution is 0.0703. The zero-order valence-corrected chi connectivity index (χ0v) is 18.5. The molecule has 4 aromatic rings. The number of amides is 1. The minimum Gasteiger partial charge on any atom is -0.434 e. The van der Waals surface area contributed by atoms with Gasteiger partial charge in [0.15, 0.2) is 11.6 Å². The molecule has 0 bridgehead atoms. The van der Waals surface area contributed by atoms with E-state index in [4.69, 9.17) is 4.74 Å². The van der Waals surface area contributed by atoms with E-state index in [1.807, 2.05) is 39.9 Å². The molecule has 0 N–H and O–H groups in total. The highest BCUT2D eigenvalue weighted by Gasteiger charge is 2.30. The van der Waals surface area contributed by atoms with E-state index in [0.29, 0.717) is 30.9 Å². The number of para-hydroxylation sites is 1. The molecule has 2 aromatic heterocycles. The molecule has 8 heteroatoms. The number of carbonyl (C=O) groups excluding carboxylic acids is 1. The van der Waals surface area contributed by atoms with Gasteiger partial charge in [-0.05, 0) is 36.6 Å². The van der Waals surface area contributed by atoms with Gasteiger partial charge in [0.25, 0.3) is 5.91 Å². The first-order valence-electron chi connectivity index (χ1n) is 11.3. The smallest absolute Gasteiger partial charge is 0.254 e. The fourth-order valence-corrected chi connectivity index (χ4v) is 4.33. The van der Waals surface area contributed by atoms with E-state index in [0.717, 1.165) is 18.4 Å². The largest absolute Gasteiger partial charge is 0.434 e. The quantitative estimate of drug-likeness (QED) is 0.421. The van der Waals surface area contributed by atoms with Gasteiger partial charge in [-0.25, -0.2) is 14.4 Å². The maximum atomic E-state index is 14.1. The Labute approximate surface area is 196 Å². The third-order valence-corrected chi connectivity index (χ3v) is 5.99. The minimum absolute atomic E-state index is 0.0131. The first kappa shape index (κ1) is 21.8. The van der Waals surface area contributed by atoms with Crippen LogP contribution < -0.4 is 4.74 Å². The predicted octanol–water partition coefficient (Wildman–Crippen LogP) is 4.67. The van der Waals surface area contributed by atoms with Crippen molar-refractivity contribution in [2.45, 2.75) is 25.3 Å². The summed E-state index contributed by atoms with van der Waals surface area (Å²) in [6.07, 6.45) is 10.1. The summed E-state index contributed by atoms with van der Waals surface area (Å²) in [4.78, 5) is 28.3. The van der Waals surface area contributed by atoms with Crippen LogP contribution in [0.15, 0.2) is 79.6 Å². The second kappa shape index (κ2) is 9.82. The van der Waals surface area contributed by atoms with Crippen LogP contribution in [-0.4, -0.2) is 43.4 Å². The molecule has 1 aliphatic heterocycles. The Balaban J connectivity index is 1.37. The molecule has 0 aliphatic carbocycles. The number of halogens is 1. The van der Waals surface area contributed by atoms with Crippen molar-refractivity contribution in [3.8, 4) is 11.6 Å². The lowest BCUT2D eigenvalue weighted by Gasteiger charge is -2.33. The number of hydrogen-bond donors (Lipinski definition) is 0. The molecule has 0 radical (unpaired) electrons. The van der Waals surface area contributed by atoms with Crippen LogP contribution in [0.25, 0.3) is 0 Å². The second-order valence-corrected chi connectivity index (χ2v) is 8.26. The maximum absolute atomic E-state index is 14.1. The Kier molecular flexibility index (Phi) is 6.29. The number of nitrogens with zero attached hydrogens (tertiary/aromatic N) is 5. The molecule has 3 heterocycles. The Morgan fingerprint density at radius 2 is 1.88 bits per heavy atom. The minimum atomic E-state index is -0.464. The molecule has 1 amide bonds. The maximum Gasteiger partial charge on any atom is 0.254 e. The highest BCUT2D eigenvalue weighted by atomic mass is 19.1. The average Bonchev–Trinajstić information content (AvgIpc) is 3.39. The zero-order chi connectivity index (χ0) is 23.3. The predicted molar refractivity (Wildman–Crippen MR) is 124 cm³/mol. The number of benzene rings is 2. The van der Waals surface area contributed by atoms with Gasteiger partial charge in [-0.2, -0.15) is 0 Å². The highest BCUT2D eigenvalue weighted by Crippen LogP contribution is 2.34. The number of ether oxygens (including phenoxy) is 1. The van der Waals surface area contributed by atoms with Crippen LogP contribution in [0.4, 0.5) is 4.39 Å². The lowest BCUT2D eigenvalue weighted by atomic mass is 9.93. The van der Waals surface area contributed by atoms with Crippen LogP contribution in [0.3, 0.4) is 0 Å². The summed E-state index contributed by atoms with van der Waals surface area (Å²) in [5.41, 5.74) is 2.25. The van der Waals surface area contributed by atoms with Crippen LogP contribution in [0.1, 0.15) is 40.4 Å². The van der Waals surface area contributed by atoms with Crippen LogP contribution in [-0.2, 0) is 6.54 Å². The third kappa shape index (κ3) is 4.66. The van der Waals surface area contributed by atoms with Crippen LogP contribution in [0, 0.1) is 5.82 Å². The first-order valence-corrected chi connectivity index (χ1v) is 11.3. The van der Waals surface area contributed by atoms with Crippen molar-refractivity contribution in [2.24, 2.45) is 0 Å². The van der Waals surface area contributed by atoms with Gasteiger partial charge >= 0.3 is 0 Å². The molecule has 0 saturated carbocycles. The van der Waals surface area contributed by atoms with E-state index in [1.165, 1.54) is 12.3 Å². The average molecular weight is 458 g/mol. The number of likely N-dealkylation sites (tertiary alicyclic amines) is 1. The molecule has 1 unspecified atom stereocenters. The lowest BCUT2D eigenvalue weighted by Crippen LogP contribution is -2.39. The molecular formula is C26H24FN5O2. The summed E-state index contributed by atoms with van der Waals surface area (Å²) in [7, 11) is 0. The third-order valence-electron chi connectivity index (χ3n) is 5.99. The summed E-state index contributed by atoms with van der Waals surface area (Å²) in [5, 5.41) is 0. The SMILES string of the molecule is O=C(c1ccccc1Cn1ccnc1)N1CCCC(c2nccnc2Oc2ccccc2F)C1. The molecule has 1 fully saturated rings. The molecule has 172 valence electrons. The monoisotopic (exact) mass is 457 g/mol. The van der Waals surface area contributed by atoms with E-state index in [-0.39, 0.29) is 23.5 Å². The van der Waals surface area contributed by atoms with Crippen LogP contribution >= 0.6 is 0 Å². The highest BCUT2D eigenvalue weighted by molar-refractivity contribution is 5.95. The number of carbonyl (C=O) groups is 1. The van der Waals surface area contributed by atoms with E-state index in [2.05, 4.69) is 15.0 Å². The topological polar surface area (TPSA) is 73.1 Å². The van der Waals surface area contributed by atoms with Crippen LogP contribution in [0.2, 0.25) is 0 Å². The Bertz CT molecular complexity index is 1280. The van der Waals surface area contributed by atoms with Crippen molar-refractivity contribution in [2.75, 3.05) is 13.1 Å². The van der Waals surface area contributed by atoms with Gasteiger partial charge in [-0.1, -0.05) is 30.3 Å². The number of hydrogen-bond acceptors (Lipinski definition) is 5. The molecule has 0 spiro atoms. The van der Waals surface area contributed by atoms with Crippen molar-refractivity contribution in [1.82, 2.24) is 24.4 Å². The number of aromatic nitrogens is 4. The Morgan fingerprint density at radius 1 is 1.06 bits per heavy atom. The molecular weight excluding hydrogens is 433 g/mol. The van der Waals surface area contributed by atoms with Gasteiger partial charge in [0.2, 0.25) is 5.88 Å². The van der Waals surface area contributed by atoms with E-state index < -0.39 is 5.82 Å². The van der Waals surface area contributed by atoms with Gasteiger partial charge in [-0.3, -0.25) is 9.78 Å². The van der Waals surface area contributed by atoms with Crippen LogP contribution in [0.5, 0.6) is 11.6 Å². The van der Waals surface area contributed by atoms with Crippen molar-refractivity contribution < 1.29 is 13.9 Å². The van der Waals surface area contributed by atoms with E-state index >= 15 is 0 Å². The summed E-state index contributed by atoms with van der Waals surface area (Å²) < 4.78 is 21.9. The number of rotatable bonds is 6. The Morgan fingerprint density at radius 3 is 2.74 bits per heavy atom. The number of imidazole rings is 1. The molecule has 1 aliphatic rings. The normalized spacial score (nSPS) is 15.8. The fourth-order valence-electron chi connectivity index (χ4n) is 4.33. The standard InChI is InChI=1S/C26H24FN5O2/c27-22-9-3-4-10-23(22)34-25-24(29-11-12-30-25)20-7-5-14-32(17-20)26(33)21-8-2-1-6-19(21)16-31-15-13-28-18-31/h1-4,6,8-13,15,18,20H,5,7,14,16-17H2.